The molecule has 1 aliphatic heterocycles. The summed E-state index contributed by atoms with van der Waals surface area (Å²) in [4.78, 5) is 47.1. The highest BCUT2D eigenvalue weighted by Gasteiger charge is 2.39. The number of aromatic nitrogens is 1. The van der Waals surface area contributed by atoms with Crippen molar-refractivity contribution in [2.75, 3.05) is 13.6 Å². The maximum Gasteiger partial charge on any atom is 0.245 e. The molecule has 222 valence electrons. The molecule has 4 atom stereocenters. The van der Waals surface area contributed by atoms with Crippen LogP contribution in [-0.4, -0.2) is 58.5 Å². The lowest BCUT2D eigenvalue weighted by atomic mass is 9.90. The van der Waals surface area contributed by atoms with Gasteiger partial charge in [0.15, 0.2) is 0 Å². The second-order valence-corrected chi connectivity index (χ2v) is 13.1. The monoisotopic (exact) mass is 604 g/mol. The van der Waals surface area contributed by atoms with E-state index in [2.05, 4.69) is 34.7 Å². The molecule has 2 heterocycles. The predicted molar refractivity (Wildman–Crippen MR) is 172 cm³/mol. The molecule has 0 spiro atoms. The van der Waals surface area contributed by atoms with Gasteiger partial charge in [0.2, 0.25) is 17.7 Å². The lowest BCUT2D eigenvalue weighted by Crippen LogP contribution is -2.56. The van der Waals surface area contributed by atoms with E-state index in [9.17, 15) is 14.4 Å². The zero-order valence-corrected chi connectivity index (χ0v) is 25.9. The Morgan fingerprint density at radius 2 is 1.71 bits per heavy atom. The molecular weight excluding hydrogens is 565 g/mol. The van der Waals surface area contributed by atoms with Crippen molar-refractivity contribution in [2.24, 2.45) is 0 Å². The van der Waals surface area contributed by atoms with Gasteiger partial charge >= 0.3 is 0 Å². The summed E-state index contributed by atoms with van der Waals surface area (Å²) >= 11 is 0. The SMILES string of the molecule is CCC[C@@H](SSCc1ccccn1)C(=O)N[C@H]1C[C@H](c2ccccc2)CCN([C@@H](Cc2ccccc2)C(=O)NC)C1=O. The molecule has 0 unspecified atom stereocenters. The molecule has 0 bridgehead atoms. The zero-order chi connectivity index (χ0) is 29.7. The molecular formula is C33H40N4O3S2. The third kappa shape index (κ3) is 8.85. The van der Waals surface area contributed by atoms with E-state index < -0.39 is 12.1 Å². The topological polar surface area (TPSA) is 91.4 Å². The normalized spacial score (nSPS) is 18.5. The average molecular weight is 605 g/mol. The number of amides is 3. The van der Waals surface area contributed by atoms with E-state index in [4.69, 9.17) is 0 Å². The molecule has 0 saturated carbocycles. The molecule has 7 nitrogen and oxygen atoms in total. The van der Waals surface area contributed by atoms with Gasteiger partial charge in [-0.15, -0.1) is 0 Å². The molecule has 9 heteroatoms. The summed E-state index contributed by atoms with van der Waals surface area (Å²) in [7, 11) is 4.74. The second kappa shape index (κ2) is 16.4. The number of benzene rings is 2. The number of hydrogen-bond acceptors (Lipinski definition) is 6. The van der Waals surface area contributed by atoms with Gasteiger partial charge in [-0.05, 0) is 48.4 Å². The van der Waals surface area contributed by atoms with Gasteiger partial charge in [-0.1, -0.05) is 102 Å². The minimum Gasteiger partial charge on any atom is -0.357 e. The first-order valence-electron chi connectivity index (χ1n) is 14.6. The highest BCUT2D eigenvalue weighted by molar-refractivity contribution is 8.76. The van der Waals surface area contributed by atoms with E-state index in [-0.39, 0.29) is 28.9 Å². The van der Waals surface area contributed by atoms with Crippen molar-refractivity contribution >= 4 is 39.3 Å². The van der Waals surface area contributed by atoms with Crippen LogP contribution in [0, 0.1) is 0 Å². The van der Waals surface area contributed by atoms with Crippen LogP contribution < -0.4 is 10.6 Å². The summed E-state index contributed by atoms with van der Waals surface area (Å²) in [5.41, 5.74) is 3.08. The Morgan fingerprint density at radius 1 is 1.00 bits per heavy atom. The van der Waals surface area contributed by atoms with E-state index >= 15 is 0 Å². The Bertz CT molecular complexity index is 1280. The smallest absolute Gasteiger partial charge is 0.245 e. The van der Waals surface area contributed by atoms with Crippen molar-refractivity contribution in [2.45, 2.75) is 68.0 Å². The highest BCUT2D eigenvalue weighted by Crippen LogP contribution is 2.34. The Hall–Kier alpha value is -3.30. The number of nitrogens with zero attached hydrogens (tertiary/aromatic N) is 2. The number of pyridine rings is 1. The van der Waals surface area contributed by atoms with E-state index in [1.165, 1.54) is 10.8 Å². The molecule has 4 rings (SSSR count). The molecule has 1 saturated heterocycles. The molecule has 3 amide bonds. The summed E-state index contributed by atoms with van der Waals surface area (Å²) < 4.78 is 0. The summed E-state index contributed by atoms with van der Waals surface area (Å²) in [5.74, 6) is 0.220. The van der Waals surface area contributed by atoms with Crippen LogP contribution in [0.2, 0.25) is 0 Å². The second-order valence-electron chi connectivity index (χ2n) is 10.5. The first kappa shape index (κ1) is 31.6. The minimum atomic E-state index is -0.728. The predicted octanol–water partition coefficient (Wildman–Crippen LogP) is 5.38. The van der Waals surface area contributed by atoms with Crippen molar-refractivity contribution in [1.82, 2.24) is 20.5 Å². The van der Waals surface area contributed by atoms with Crippen molar-refractivity contribution in [3.63, 3.8) is 0 Å². The molecule has 0 radical (unpaired) electrons. The van der Waals surface area contributed by atoms with Crippen molar-refractivity contribution in [3.05, 3.63) is 102 Å². The number of likely N-dealkylation sites (tertiary alicyclic amines) is 1. The average Bonchev–Trinajstić information content (AvgIpc) is 3.19. The van der Waals surface area contributed by atoms with Crippen LogP contribution in [0.5, 0.6) is 0 Å². The van der Waals surface area contributed by atoms with Gasteiger partial charge in [-0.3, -0.25) is 19.4 Å². The Balaban J connectivity index is 1.55. The van der Waals surface area contributed by atoms with E-state index in [0.717, 1.165) is 23.2 Å². The van der Waals surface area contributed by atoms with E-state index in [1.54, 1.807) is 28.9 Å². The molecule has 2 aromatic carbocycles. The third-order valence-electron chi connectivity index (χ3n) is 7.56. The molecule has 3 aromatic rings. The summed E-state index contributed by atoms with van der Waals surface area (Å²) in [6, 6.07) is 24.3. The Kier molecular flexibility index (Phi) is 12.3. The first-order chi connectivity index (χ1) is 20.5. The van der Waals surface area contributed by atoms with E-state index in [0.29, 0.717) is 38.0 Å². The fourth-order valence-electron chi connectivity index (χ4n) is 5.32. The lowest BCUT2D eigenvalue weighted by molar-refractivity contribution is -0.142. The number of carbonyl (C=O) groups is 3. The van der Waals surface area contributed by atoms with Crippen LogP contribution in [0.25, 0.3) is 0 Å². The summed E-state index contributed by atoms with van der Waals surface area (Å²) in [5, 5.41) is 5.60. The van der Waals surface area contributed by atoms with E-state index in [1.807, 2.05) is 66.7 Å². The van der Waals surface area contributed by atoms with Gasteiger partial charge in [-0.25, -0.2) is 0 Å². The quantitative estimate of drug-likeness (QED) is 0.255. The fourth-order valence-corrected chi connectivity index (χ4v) is 7.95. The maximum atomic E-state index is 14.2. The maximum absolute atomic E-state index is 14.2. The Morgan fingerprint density at radius 3 is 2.38 bits per heavy atom. The van der Waals surface area contributed by atoms with Crippen molar-refractivity contribution in [1.29, 1.82) is 0 Å². The van der Waals surface area contributed by atoms with Crippen molar-refractivity contribution < 1.29 is 14.4 Å². The van der Waals surface area contributed by atoms with Gasteiger partial charge in [0.05, 0.1) is 10.9 Å². The number of likely N-dealkylation sites (N-methyl/N-ethyl adjacent to an activating group) is 1. The third-order valence-corrected chi connectivity index (χ3v) is 10.3. The molecule has 1 aromatic heterocycles. The number of rotatable bonds is 13. The van der Waals surface area contributed by atoms with Crippen LogP contribution >= 0.6 is 21.6 Å². The van der Waals surface area contributed by atoms with Crippen molar-refractivity contribution in [3.8, 4) is 0 Å². The molecule has 2 N–H and O–H groups in total. The first-order valence-corrected chi connectivity index (χ1v) is 17.0. The Labute approximate surface area is 257 Å². The van der Waals surface area contributed by atoms with Gasteiger partial charge in [-0.2, -0.15) is 0 Å². The summed E-state index contributed by atoms with van der Waals surface area (Å²) in [6.07, 6.45) is 4.92. The van der Waals surface area contributed by atoms with Gasteiger partial charge in [0.25, 0.3) is 0 Å². The van der Waals surface area contributed by atoms with Gasteiger partial charge in [0, 0.05) is 32.0 Å². The number of carbonyl (C=O) groups excluding carboxylic acids is 3. The van der Waals surface area contributed by atoms with Gasteiger partial charge in [0.1, 0.15) is 12.1 Å². The fraction of sp³-hybridized carbons (Fsp3) is 0.394. The molecule has 1 fully saturated rings. The van der Waals surface area contributed by atoms with Crippen LogP contribution in [-0.2, 0) is 26.6 Å². The summed E-state index contributed by atoms with van der Waals surface area (Å²) in [6.45, 7) is 2.49. The van der Waals surface area contributed by atoms with Crippen LogP contribution in [0.15, 0.2) is 85.1 Å². The lowest BCUT2D eigenvalue weighted by Gasteiger charge is -2.32. The molecule has 0 aliphatic carbocycles. The molecule has 42 heavy (non-hydrogen) atoms. The minimum absolute atomic E-state index is 0.0725. The number of nitrogens with one attached hydrogen (secondary N) is 2. The van der Waals surface area contributed by atoms with Crippen LogP contribution in [0.3, 0.4) is 0 Å². The standard InChI is InChI=1S/C33H40N4O3S2/c1-3-12-30(42-41-23-27-17-10-11-19-35-27)32(39)36-28-22-26(25-15-8-5-9-16-25)18-20-37(33(28)40)29(31(38)34-2)21-24-13-6-4-7-14-24/h4-11,13-17,19,26,28-30H,3,12,18,20-23H2,1-2H3,(H,34,38)(H,36,39)/t26-,28+,29+,30-/m1/s1. The molecule has 1 aliphatic rings. The highest BCUT2D eigenvalue weighted by atomic mass is 33.1. The van der Waals surface area contributed by atoms with Crippen LogP contribution in [0.4, 0.5) is 0 Å². The largest absolute Gasteiger partial charge is 0.357 e. The zero-order valence-electron chi connectivity index (χ0n) is 24.3. The van der Waals surface area contributed by atoms with Crippen LogP contribution in [0.1, 0.15) is 55.3 Å². The number of hydrogen-bond donors (Lipinski definition) is 2. The van der Waals surface area contributed by atoms with Gasteiger partial charge < -0.3 is 15.5 Å².